The van der Waals surface area contributed by atoms with Crippen LogP contribution >= 0.6 is 56.5 Å². The van der Waals surface area contributed by atoms with Crippen molar-refractivity contribution in [3.05, 3.63) is 47.2 Å². The first-order valence-corrected chi connectivity index (χ1v) is 9.86. The summed E-state index contributed by atoms with van der Waals surface area (Å²) in [6, 6.07) is 8.54. The normalized spacial score (nSPS) is 17.8. The zero-order valence-electron chi connectivity index (χ0n) is 11.4. The van der Waals surface area contributed by atoms with Crippen LogP contribution in [0.25, 0.3) is 0 Å². The molecule has 21 heavy (non-hydrogen) atoms. The number of nitrogens with zero attached hydrogens (tertiary/aromatic N) is 1. The summed E-state index contributed by atoms with van der Waals surface area (Å²) < 4.78 is 2.09. The fourth-order valence-electron chi connectivity index (χ4n) is 2.71. The van der Waals surface area contributed by atoms with Gasteiger partial charge < -0.3 is 10.4 Å². The van der Waals surface area contributed by atoms with Gasteiger partial charge >= 0.3 is 0 Å². The molecule has 2 heterocycles. The molecule has 0 unspecified atom stereocenters. The van der Waals surface area contributed by atoms with E-state index in [2.05, 4.69) is 79.0 Å². The maximum atomic E-state index is 10.6. The lowest BCUT2D eigenvalue weighted by Crippen LogP contribution is -2.45. The molecule has 2 N–H and O–H groups in total. The summed E-state index contributed by atoms with van der Waals surface area (Å²) in [5.74, 6) is 0.424. The molecule has 0 aliphatic carbocycles. The quantitative estimate of drug-likeness (QED) is 0.600. The van der Waals surface area contributed by atoms with E-state index in [1.807, 2.05) is 6.07 Å². The average molecular weight is 526 g/mol. The van der Waals surface area contributed by atoms with Crippen molar-refractivity contribution in [3.8, 4) is 5.75 Å². The van der Waals surface area contributed by atoms with Gasteiger partial charge in [-0.15, -0.1) is 11.3 Å². The number of rotatable bonds is 3. The van der Waals surface area contributed by atoms with Crippen molar-refractivity contribution in [2.75, 3.05) is 26.2 Å². The second-order valence-corrected chi connectivity index (χ2v) is 8.42. The highest BCUT2D eigenvalue weighted by molar-refractivity contribution is 14.1. The average Bonchev–Trinajstić information content (AvgIpc) is 2.99. The zero-order valence-corrected chi connectivity index (χ0v) is 16.5. The molecule has 1 aliphatic heterocycles. The van der Waals surface area contributed by atoms with Gasteiger partial charge in [0.2, 0.25) is 0 Å². The van der Waals surface area contributed by atoms with Gasteiger partial charge in [0.05, 0.1) is 9.61 Å². The molecule has 0 bridgehead atoms. The maximum Gasteiger partial charge on any atom is 0.134 e. The van der Waals surface area contributed by atoms with Crippen molar-refractivity contribution in [3.63, 3.8) is 0 Å². The second-order valence-electron chi connectivity index (χ2n) is 5.03. The molecular weight excluding hydrogens is 510 g/mol. The van der Waals surface area contributed by atoms with Crippen LogP contribution in [0.2, 0.25) is 0 Å². The number of phenols is 1. The monoisotopic (exact) mass is 526 g/mol. The topological polar surface area (TPSA) is 35.5 Å². The molecular formula is C15H16I2N2OS. The molecule has 6 heteroatoms. The number of hydrogen-bond donors (Lipinski definition) is 2. The Morgan fingerprint density at radius 1 is 1.24 bits per heavy atom. The summed E-state index contributed by atoms with van der Waals surface area (Å²) in [5.41, 5.74) is 1.02. The van der Waals surface area contributed by atoms with E-state index in [4.69, 9.17) is 0 Å². The SMILES string of the molecule is Oc1c(I)cc(I)cc1[C@H](c1cccs1)N1CCNCC1. The van der Waals surface area contributed by atoms with Crippen LogP contribution in [0.5, 0.6) is 5.75 Å². The van der Waals surface area contributed by atoms with Gasteiger partial charge in [0, 0.05) is 40.2 Å². The third kappa shape index (κ3) is 3.54. The molecule has 1 aromatic heterocycles. The Hall–Kier alpha value is 0.1000. The maximum absolute atomic E-state index is 10.6. The van der Waals surface area contributed by atoms with Crippen molar-refractivity contribution in [1.29, 1.82) is 0 Å². The van der Waals surface area contributed by atoms with Gasteiger partial charge in [-0.1, -0.05) is 6.07 Å². The highest BCUT2D eigenvalue weighted by Crippen LogP contribution is 2.39. The predicted molar refractivity (Wildman–Crippen MR) is 104 cm³/mol. The van der Waals surface area contributed by atoms with Gasteiger partial charge in [-0.25, -0.2) is 0 Å². The lowest BCUT2D eigenvalue weighted by atomic mass is 10.0. The van der Waals surface area contributed by atoms with Gasteiger partial charge in [-0.3, -0.25) is 4.90 Å². The van der Waals surface area contributed by atoms with E-state index in [9.17, 15) is 5.11 Å². The van der Waals surface area contributed by atoms with Gasteiger partial charge in [0.15, 0.2) is 0 Å². The molecule has 1 aromatic carbocycles. The van der Waals surface area contributed by atoms with Crippen molar-refractivity contribution < 1.29 is 5.11 Å². The number of nitrogens with one attached hydrogen (secondary N) is 1. The summed E-state index contributed by atoms with van der Waals surface area (Å²) in [5, 5.41) is 16.1. The van der Waals surface area contributed by atoms with E-state index in [1.54, 1.807) is 11.3 Å². The van der Waals surface area contributed by atoms with Crippen LogP contribution in [-0.2, 0) is 0 Å². The molecule has 0 saturated carbocycles. The molecule has 1 aliphatic rings. The third-order valence-electron chi connectivity index (χ3n) is 3.68. The zero-order chi connectivity index (χ0) is 14.8. The fraction of sp³-hybridized carbons (Fsp3) is 0.333. The first-order valence-electron chi connectivity index (χ1n) is 6.83. The Bertz CT molecular complexity index is 612. The molecule has 0 radical (unpaired) electrons. The Kier molecular flexibility index (Phi) is 5.41. The third-order valence-corrected chi connectivity index (χ3v) is 6.05. The summed E-state index contributed by atoms with van der Waals surface area (Å²) in [6.07, 6.45) is 0. The standard InChI is InChI=1S/C15H16I2N2OS/c16-10-8-11(15(20)12(17)9-10)14(13-2-1-7-21-13)19-5-3-18-4-6-19/h1-2,7-9,14,18,20H,3-6H2/t14-/m1/s1. The van der Waals surface area contributed by atoms with Crippen LogP contribution in [0.4, 0.5) is 0 Å². The minimum Gasteiger partial charge on any atom is -0.506 e. The van der Waals surface area contributed by atoms with Crippen molar-refractivity contribution in [2.24, 2.45) is 0 Å². The summed E-state index contributed by atoms with van der Waals surface area (Å²) >= 11 is 6.30. The largest absolute Gasteiger partial charge is 0.506 e. The molecule has 0 amide bonds. The highest BCUT2D eigenvalue weighted by Gasteiger charge is 2.27. The van der Waals surface area contributed by atoms with Gasteiger partial charge in [0.25, 0.3) is 0 Å². The predicted octanol–water partition coefficient (Wildman–Crippen LogP) is 3.66. The van der Waals surface area contributed by atoms with Crippen LogP contribution in [0.1, 0.15) is 16.5 Å². The molecule has 1 atom stereocenters. The van der Waals surface area contributed by atoms with E-state index >= 15 is 0 Å². The van der Waals surface area contributed by atoms with Crippen LogP contribution in [-0.4, -0.2) is 36.2 Å². The Morgan fingerprint density at radius 2 is 2.00 bits per heavy atom. The number of phenolic OH excluding ortho intramolecular Hbond substituents is 1. The van der Waals surface area contributed by atoms with E-state index in [0.29, 0.717) is 5.75 Å². The van der Waals surface area contributed by atoms with Crippen LogP contribution < -0.4 is 5.32 Å². The minimum atomic E-state index is 0.148. The summed E-state index contributed by atoms with van der Waals surface area (Å²) in [6.45, 7) is 4.02. The number of hydrogen-bond acceptors (Lipinski definition) is 4. The first kappa shape index (κ1) is 16.0. The van der Waals surface area contributed by atoms with Crippen LogP contribution in [0.3, 0.4) is 0 Å². The van der Waals surface area contributed by atoms with Crippen LogP contribution in [0, 0.1) is 7.14 Å². The molecule has 3 nitrogen and oxygen atoms in total. The Balaban J connectivity index is 2.07. The first-order chi connectivity index (χ1) is 10.2. The lowest BCUT2D eigenvalue weighted by molar-refractivity contribution is 0.198. The molecule has 0 spiro atoms. The van der Waals surface area contributed by atoms with E-state index < -0.39 is 0 Å². The lowest BCUT2D eigenvalue weighted by Gasteiger charge is -2.35. The van der Waals surface area contributed by atoms with E-state index in [-0.39, 0.29) is 6.04 Å². The summed E-state index contributed by atoms with van der Waals surface area (Å²) in [7, 11) is 0. The fourth-order valence-corrected chi connectivity index (χ4v) is 5.48. The van der Waals surface area contributed by atoms with Crippen LogP contribution in [0.15, 0.2) is 29.6 Å². The van der Waals surface area contributed by atoms with E-state index in [0.717, 1.165) is 35.3 Å². The molecule has 3 rings (SSSR count). The van der Waals surface area contributed by atoms with Crippen molar-refractivity contribution >= 4 is 56.5 Å². The van der Waals surface area contributed by atoms with E-state index in [1.165, 1.54) is 8.45 Å². The molecule has 112 valence electrons. The molecule has 2 aromatic rings. The summed E-state index contributed by atoms with van der Waals surface area (Å²) in [4.78, 5) is 3.76. The van der Waals surface area contributed by atoms with Crippen molar-refractivity contribution in [2.45, 2.75) is 6.04 Å². The van der Waals surface area contributed by atoms with Gasteiger partial charge in [-0.2, -0.15) is 0 Å². The number of piperazine rings is 1. The van der Waals surface area contributed by atoms with Gasteiger partial charge in [0.1, 0.15) is 5.75 Å². The van der Waals surface area contributed by atoms with Gasteiger partial charge in [-0.05, 0) is 68.8 Å². The second kappa shape index (κ2) is 7.12. The number of benzene rings is 1. The minimum absolute atomic E-state index is 0.148. The number of thiophene rings is 1. The Labute approximate surface area is 156 Å². The highest BCUT2D eigenvalue weighted by atomic mass is 127. The Morgan fingerprint density at radius 3 is 2.67 bits per heavy atom. The number of halogens is 2. The van der Waals surface area contributed by atoms with Crippen molar-refractivity contribution in [1.82, 2.24) is 10.2 Å². The molecule has 1 saturated heterocycles. The smallest absolute Gasteiger partial charge is 0.134 e. The molecule has 1 fully saturated rings. The number of aromatic hydroxyl groups is 1.